The Hall–Kier alpha value is -7.24. The first kappa shape index (κ1) is 29.5. The Morgan fingerprint density at radius 2 is 0.887 bits per heavy atom. The number of imidazole rings is 1. The predicted octanol–water partition coefficient (Wildman–Crippen LogP) is 12.9. The van der Waals surface area contributed by atoms with Gasteiger partial charge in [-0.05, 0) is 113 Å². The van der Waals surface area contributed by atoms with E-state index in [0.717, 1.165) is 105 Å². The van der Waals surface area contributed by atoms with Gasteiger partial charge in [0.05, 0.1) is 11.0 Å². The summed E-state index contributed by atoms with van der Waals surface area (Å²) in [4.78, 5) is 9.93. The molecule has 248 valence electrons. The third-order valence-electron chi connectivity index (χ3n) is 10.3. The van der Waals surface area contributed by atoms with Crippen LogP contribution in [0.2, 0.25) is 0 Å². The molecule has 0 atom stereocenters. The van der Waals surface area contributed by atoms with Crippen LogP contribution in [0.25, 0.3) is 105 Å². The zero-order valence-corrected chi connectivity index (χ0v) is 28.4. The molecule has 0 saturated heterocycles. The molecule has 0 aliphatic carbocycles. The highest BCUT2D eigenvalue weighted by Gasteiger charge is 2.17. The second-order valence-electron chi connectivity index (χ2n) is 13.5. The number of hydrogen-bond acceptors (Lipinski definition) is 4. The Labute approximate surface area is 304 Å². The molecule has 0 amide bonds. The first-order valence-corrected chi connectivity index (χ1v) is 17.7. The lowest BCUT2D eigenvalue weighted by molar-refractivity contribution is 0.668. The van der Waals surface area contributed by atoms with Gasteiger partial charge in [-0.1, -0.05) is 78.9 Å². The number of nitrogens with zero attached hydrogens (tertiary/aromatic N) is 3. The second kappa shape index (κ2) is 11.7. The molecular formula is C48H29N3O2. The van der Waals surface area contributed by atoms with Crippen molar-refractivity contribution in [3.8, 4) is 50.5 Å². The number of fused-ring (bicyclic) bond motifs is 7. The summed E-state index contributed by atoms with van der Waals surface area (Å²) in [6.45, 7) is 0. The van der Waals surface area contributed by atoms with E-state index in [-0.39, 0.29) is 0 Å². The Morgan fingerprint density at radius 1 is 0.377 bits per heavy atom. The lowest BCUT2D eigenvalue weighted by atomic mass is 9.92. The van der Waals surface area contributed by atoms with Gasteiger partial charge in [-0.2, -0.15) is 0 Å². The molecule has 0 unspecified atom stereocenters. The highest BCUT2D eigenvalue weighted by Crippen LogP contribution is 2.39. The zero-order valence-electron chi connectivity index (χ0n) is 28.4. The molecular weight excluding hydrogens is 651 g/mol. The minimum atomic E-state index is 0.845. The number of hydrogen-bond donors (Lipinski definition) is 0. The van der Waals surface area contributed by atoms with E-state index < -0.39 is 0 Å². The van der Waals surface area contributed by atoms with Crippen LogP contribution < -0.4 is 0 Å². The topological polar surface area (TPSA) is 57.0 Å². The Balaban J connectivity index is 1.11. The Morgan fingerprint density at radius 3 is 1.55 bits per heavy atom. The maximum Gasteiger partial charge on any atom is 0.147 e. The fourth-order valence-electron chi connectivity index (χ4n) is 7.72. The summed E-state index contributed by atoms with van der Waals surface area (Å²) in [5.74, 6) is 0.845. The molecule has 0 spiro atoms. The molecule has 7 aromatic carbocycles. The lowest BCUT2D eigenvalue weighted by Gasteiger charge is -2.13. The third-order valence-corrected chi connectivity index (χ3v) is 10.3. The number of aromatic nitrogens is 3. The molecule has 0 aliphatic rings. The number of para-hydroxylation sites is 5. The van der Waals surface area contributed by atoms with Crippen molar-refractivity contribution in [2.75, 3.05) is 0 Å². The molecule has 0 bridgehead atoms. The van der Waals surface area contributed by atoms with Crippen molar-refractivity contribution in [3.63, 3.8) is 0 Å². The zero-order chi connectivity index (χ0) is 34.9. The van der Waals surface area contributed by atoms with Gasteiger partial charge in [0.1, 0.15) is 28.2 Å². The molecule has 0 saturated carbocycles. The fourth-order valence-corrected chi connectivity index (χ4v) is 7.72. The summed E-state index contributed by atoms with van der Waals surface area (Å²) in [5.41, 5.74) is 14.0. The van der Waals surface area contributed by atoms with E-state index in [0.29, 0.717) is 0 Å². The van der Waals surface area contributed by atoms with Gasteiger partial charge >= 0.3 is 0 Å². The average Bonchev–Trinajstić information content (AvgIpc) is 3.92. The van der Waals surface area contributed by atoms with Crippen molar-refractivity contribution < 1.29 is 8.83 Å². The van der Waals surface area contributed by atoms with E-state index in [9.17, 15) is 0 Å². The van der Waals surface area contributed by atoms with Gasteiger partial charge in [0.2, 0.25) is 0 Å². The Kier molecular flexibility index (Phi) is 6.48. The molecule has 0 fully saturated rings. The molecule has 0 aliphatic heterocycles. The summed E-state index contributed by atoms with van der Waals surface area (Å²) in [7, 11) is 0. The van der Waals surface area contributed by atoms with Crippen LogP contribution in [-0.4, -0.2) is 14.5 Å². The fraction of sp³-hybridized carbons (Fsp3) is 0. The van der Waals surface area contributed by atoms with Crippen molar-refractivity contribution in [2.24, 2.45) is 0 Å². The number of rotatable bonds is 5. The van der Waals surface area contributed by atoms with Crippen LogP contribution in [0, 0.1) is 0 Å². The maximum absolute atomic E-state index is 6.19. The molecule has 4 aromatic heterocycles. The predicted molar refractivity (Wildman–Crippen MR) is 215 cm³/mol. The maximum atomic E-state index is 6.19. The first-order chi connectivity index (χ1) is 26.2. The summed E-state index contributed by atoms with van der Waals surface area (Å²) in [6.07, 6.45) is 3.85. The van der Waals surface area contributed by atoms with E-state index in [1.54, 1.807) is 0 Å². The standard InChI is InChI=1S/C48H29N3O2/c1-2-10-37(11-3-1)51-43-15-7-6-14-42(43)50-48(51)36-25-35(28-49-29-36)34-23-32(30-18-20-46-40(26-30)38-12-4-8-16-44(38)52-46)22-33(24-34)31-19-21-47-41(27-31)39-13-5-9-17-45(39)53-47/h1-29H. The minimum Gasteiger partial charge on any atom is -0.456 e. The highest BCUT2D eigenvalue weighted by molar-refractivity contribution is 6.07. The van der Waals surface area contributed by atoms with Crippen LogP contribution in [0.3, 0.4) is 0 Å². The SMILES string of the molecule is c1ccc(-n2c(-c3cncc(-c4cc(-c5ccc6oc7ccccc7c6c5)cc(-c5ccc6oc7ccccc7c6c5)c4)c3)nc3ccccc32)cc1. The summed E-state index contributed by atoms with van der Waals surface area (Å²) < 4.78 is 14.6. The van der Waals surface area contributed by atoms with Gasteiger partial charge in [0.15, 0.2) is 0 Å². The van der Waals surface area contributed by atoms with E-state index in [1.807, 2.05) is 48.8 Å². The normalized spacial score (nSPS) is 11.8. The molecule has 5 nitrogen and oxygen atoms in total. The van der Waals surface area contributed by atoms with E-state index >= 15 is 0 Å². The van der Waals surface area contributed by atoms with Crippen molar-refractivity contribution in [1.82, 2.24) is 14.5 Å². The monoisotopic (exact) mass is 679 g/mol. The van der Waals surface area contributed by atoms with E-state index in [2.05, 4.69) is 132 Å². The summed E-state index contributed by atoms with van der Waals surface area (Å²) in [6, 6.07) is 57.0. The third kappa shape index (κ3) is 4.86. The van der Waals surface area contributed by atoms with Crippen LogP contribution in [0.15, 0.2) is 185 Å². The molecule has 5 heteroatoms. The molecule has 0 N–H and O–H groups in total. The molecule has 4 heterocycles. The van der Waals surface area contributed by atoms with Crippen molar-refractivity contribution >= 4 is 54.9 Å². The summed E-state index contributed by atoms with van der Waals surface area (Å²) in [5, 5.41) is 4.41. The van der Waals surface area contributed by atoms with Crippen LogP contribution in [0.5, 0.6) is 0 Å². The van der Waals surface area contributed by atoms with E-state index in [1.165, 1.54) is 0 Å². The quantitative estimate of drug-likeness (QED) is 0.182. The van der Waals surface area contributed by atoms with Gasteiger partial charge in [0, 0.05) is 50.8 Å². The number of furan rings is 2. The van der Waals surface area contributed by atoms with Gasteiger partial charge in [-0.3, -0.25) is 9.55 Å². The van der Waals surface area contributed by atoms with Crippen molar-refractivity contribution in [3.05, 3.63) is 176 Å². The second-order valence-corrected chi connectivity index (χ2v) is 13.5. The molecule has 53 heavy (non-hydrogen) atoms. The van der Waals surface area contributed by atoms with Crippen molar-refractivity contribution in [1.29, 1.82) is 0 Å². The van der Waals surface area contributed by atoms with Crippen LogP contribution >= 0.6 is 0 Å². The first-order valence-electron chi connectivity index (χ1n) is 17.7. The number of benzene rings is 7. The van der Waals surface area contributed by atoms with Gasteiger partial charge in [-0.15, -0.1) is 0 Å². The largest absolute Gasteiger partial charge is 0.456 e. The molecule has 11 aromatic rings. The van der Waals surface area contributed by atoms with Crippen molar-refractivity contribution in [2.45, 2.75) is 0 Å². The van der Waals surface area contributed by atoms with E-state index in [4.69, 9.17) is 18.8 Å². The number of pyridine rings is 1. The minimum absolute atomic E-state index is 0.845. The van der Waals surface area contributed by atoms with Gasteiger partial charge in [0.25, 0.3) is 0 Å². The van der Waals surface area contributed by atoms with Crippen LogP contribution in [-0.2, 0) is 0 Å². The molecule has 11 rings (SSSR count). The van der Waals surface area contributed by atoms with Gasteiger partial charge < -0.3 is 8.83 Å². The lowest BCUT2D eigenvalue weighted by Crippen LogP contribution is -1.98. The summed E-state index contributed by atoms with van der Waals surface area (Å²) >= 11 is 0. The van der Waals surface area contributed by atoms with Crippen LogP contribution in [0.1, 0.15) is 0 Å². The average molecular weight is 680 g/mol. The smallest absolute Gasteiger partial charge is 0.147 e. The van der Waals surface area contributed by atoms with Gasteiger partial charge in [-0.25, -0.2) is 4.98 Å². The highest BCUT2D eigenvalue weighted by atomic mass is 16.3. The Bertz CT molecular complexity index is 3050. The van der Waals surface area contributed by atoms with Crippen LogP contribution in [0.4, 0.5) is 0 Å². The molecule has 0 radical (unpaired) electrons.